The van der Waals surface area contributed by atoms with E-state index in [4.69, 9.17) is 9.47 Å². The molecule has 0 aromatic heterocycles. The summed E-state index contributed by atoms with van der Waals surface area (Å²) in [6.07, 6.45) is 0. The fourth-order valence-electron chi connectivity index (χ4n) is 2.19. The molecular formula is C17H20BrNO2. The molecule has 1 N–H and O–H groups in total. The van der Waals surface area contributed by atoms with Gasteiger partial charge in [0.25, 0.3) is 0 Å². The molecule has 0 amide bonds. The quantitative estimate of drug-likeness (QED) is 0.845. The first kappa shape index (κ1) is 15.9. The van der Waals surface area contributed by atoms with Crippen LogP contribution in [0.25, 0.3) is 11.1 Å². The third-order valence-electron chi connectivity index (χ3n) is 3.33. The van der Waals surface area contributed by atoms with E-state index < -0.39 is 0 Å². The third kappa shape index (κ3) is 3.57. The zero-order valence-electron chi connectivity index (χ0n) is 12.6. The van der Waals surface area contributed by atoms with Crippen molar-refractivity contribution in [2.75, 3.05) is 20.8 Å². The predicted octanol–water partition coefficient (Wildman–Crippen LogP) is 4.24. The summed E-state index contributed by atoms with van der Waals surface area (Å²) in [5, 5.41) is 3.32. The first-order chi connectivity index (χ1) is 10.2. The minimum atomic E-state index is 0.763. The maximum absolute atomic E-state index is 5.53. The van der Waals surface area contributed by atoms with E-state index in [0.717, 1.165) is 40.2 Å². The summed E-state index contributed by atoms with van der Waals surface area (Å²) in [4.78, 5) is 0. The Labute approximate surface area is 134 Å². The molecule has 112 valence electrons. The lowest BCUT2D eigenvalue weighted by atomic mass is 10.0. The molecule has 0 aliphatic carbocycles. The van der Waals surface area contributed by atoms with E-state index in [1.165, 1.54) is 5.56 Å². The van der Waals surface area contributed by atoms with Crippen LogP contribution < -0.4 is 14.8 Å². The Morgan fingerprint density at radius 1 is 1.00 bits per heavy atom. The molecule has 21 heavy (non-hydrogen) atoms. The van der Waals surface area contributed by atoms with Gasteiger partial charge in [-0.2, -0.15) is 0 Å². The van der Waals surface area contributed by atoms with Crippen molar-refractivity contribution in [3.05, 3.63) is 46.4 Å². The van der Waals surface area contributed by atoms with E-state index in [-0.39, 0.29) is 0 Å². The number of ether oxygens (including phenoxy) is 2. The van der Waals surface area contributed by atoms with Gasteiger partial charge in [0.1, 0.15) is 16.0 Å². The molecule has 2 rings (SSSR count). The maximum Gasteiger partial charge on any atom is 0.144 e. The molecule has 0 heterocycles. The lowest BCUT2D eigenvalue weighted by Gasteiger charge is -2.14. The van der Waals surface area contributed by atoms with E-state index in [2.05, 4.69) is 52.4 Å². The highest BCUT2D eigenvalue weighted by Crippen LogP contribution is 2.41. The number of hydrogen-bond donors (Lipinski definition) is 1. The molecule has 0 aliphatic heterocycles. The van der Waals surface area contributed by atoms with Gasteiger partial charge >= 0.3 is 0 Å². The van der Waals surface area contributed by atoms with Gasteiger partial charge in [-0.1, -0.05) is 31.2 Å². The second-order valence-electron chi connectivity index (χ2n) is 4.64. The van der Waals surface area contributed by atoms with Crippen LogP contribution in [-0.2, 0) is 6.54 Å². The Kier molecular flexibility index (Phi) is 5.65. The number of hydrogen-bond acceptors (Lipinski definition) is 3. The van der Waals surface area contributed by atoms with Crippen LogP contribution in [0.2, 0.25) is 0 Å². The second kappa shape index (κ2) is 7.48. The van der Waals surface area contributed by atoms with Gasteiger partial charge in [-0.15, -0.1) is 0 Å². The minimum absolute atomic E-state index is 0.763. The molecule has 2 aromatic carbocycles. The summed E-state index contributed by atoms with van der Waals surface area (Å²) in [6.45, 7) is 3.97. The number of rotatable bonds is 6. The van der Waals surface area contributed by atoms with Crippen LogP contribution in [0.3, 0.4) is 0 Å². The Balaban J connectivity index is 2.35. The summed E-state index contributed by atoms with van der Waals surface area (Å²) in [5.41, 5.74) is 3.43. The third-order valence-corrected chi connectivity index (χ3v) is 4.08. The summed E-state index contributed by atoms with van der Waals surface area (Å²) in [6, 6.07) is 12.5. The van der Waals surface area contributed by atoms with Crippen LogP contribution in [0.5, 0.6) is 11.5 Å². The maximum atomic E-state index is 5.53. The van der Waals surface area contributed by atoms with Gasteiger partial charge < -0.3 is 14.8 Å². The van der Waals surface area contributed by atoms with Gasteiger partial charge in [-0.3, -0.25) is 0 Å². The predicted molar refractivity (Wildman–Crippen MR) is 90.1 cm³/mol. The van der Waals surface area contributed by atoms with Gasteiger partial charge in [0, 0.05) is 12.1 Å². The lowest BCUT2D eigenvalue weighted by Crippen LogP contribution is -2.11. The van der Waals surface area contributed by atoms with Crippen LogP contribution in [0.1, 0.15) is 12.5 Å². The standard InChI is InChI=1S/C17H20BrNO2/c1-4-19-11-12-5-7-13(8-6-12)14-9-10-15(20-2)16(18)17(14)21-3/h5-10,19H,4,11H2,1-3H3. The highest BCUT2D eigenvalue weighted by atomic mass is 79.9. The van der Waals surface area contributed by atoms with Crippen molar-refractivity contribution in [3.63, 3.8) is 0 Å². The zero-order valence-corrected chi connectivity index (χ0v) is 14.2. The van der Waals surface area contributed by atoms with Crippen molar-refractivity contribution >= 4 is 15.9 Å². The smallest absolute Gasteiger partial charge is 0.144 e. The van der Waals surface area contributed by atoms with Crippen LogP contribution in [0.15, 0.2) is 40.9 Å². The average Bonchev–Trinajstić information content (AvgIpc) is 2.53. The summed E-state index contributed by atoms with van der Waals surface area (Å²) >= 11 is 3.54. The van der Waals surface area contributed by atoms with E-state index in [1.807, 2.05) is 12.1 Å². The van der Waals surface area contributed by atoms with Gasteiger partial charge in [0.15, 0.2) is 0 Å². The van der Waals surface area contributed by atoms with E-state index >= 15 is 0 Å². The highest BCUT2D eigenvalue weighted by Gasteiger charge is 2.13. The molecule has 0 spiro atoms. The van der Waals surface area contributed by atoms with Crippen molar-refractivity contribution in [1.29, 1.82) is 0 Å². The molecule has 0 atom stereocenters. The fraction of sp³-hybridized carbons (Fsp3) is 0.294. The lowest BCUT2D eigenvalue weighted by molar-refractivity contribution is 0.390. The van der Waals surface area contributed by atoms with E-state index in [0.29, 0.717) is 0 Å². The Morgan fingerprint density at radius 2 is 1.71 bits per heavy atom. The van der Waals surface area contributed by atoms with Crippen LogP contribution >= 0.6 is 15.9 Å². The Bertz CT molecular complexity index is 596. The van der Waals surface area contributed by atoms with Crippen molar-refractivity contribution in [2.45, 2.75) is 13.5 Å². The summed E-state index contributed by atoms with van der Waals surface area (Å²) in [7, 11) is 3.32. The number of halogens is 1. The first-order valence-corrected chi connectivity index (χ1v) is 7.71. The van der Waals surface area contributed by atoms with Gasteiger partial charge in [0.2, 0.25) is 0 Å². The van der Waals surface area contributed by atoms with Crippen molar-refractivity contribution < 1.29 is 9.47 Å². The van der Waals surface area contributed by atoms with Gasteiger partial charge in [-0.25, -0.2) is 0 Å². The highest BCUT2D eigenvalue weighted by molar-refractivity contribution is 9.10. The SMILES string of the molecule is CCNCc1ccc(-c2ccc(OC)c(Br)c2OC)cc1. The summed E-state index contributed by atoms with van der Waals surface area (Å²) in [5.74, 6) is 1.55. The molecule has 0 fully saturated rings. The molecule has 0 aliphatic rings. The second-order valence-corrected chi connectivity index (χ2v) is 5.43. The van der Waals surface area contributed by atoms with Crippen LogP contribution in [-0.4, -0.2) is 20.8 Å². The van der Waals surface area contributed by atoms with Gasteiger partial charge in [0.05, 0.1) is 14.2 Å². The van der Waals surface area contributed by atoms with Crippen LogP contribution in [0, 0.1) is 0 Å². The van der Waals surface area contributed by atoms with Crippen molar-refractivity contribution in [2.24, 2.45) is 0 Å². The first-order valence-electron chi connectivity index (χ1n) is 6.91. The van der Waals surface area contributed by atoms with E-state index in [1.54, 1.807) is 14.2 Å². The number of methoxy groups -OCH3 is 2. The molecule has 0 unspecified atom stereocenters. The fourth-order valence-corrected chi connectivity index (χ4v) is 2.86. The number of nitrogens with one attached hydrogen (secondary N) is 1. The van der Waals surface area contributed by atoms with E-state index in [9.17, 15) is 0 Å². The Hall–Kier alpha value is -1.52. The molecule has 0 saturated heterocycles. The molecule has 3 nitrogen and oxygen atoms in total. The minimum Gasteiger partial charge on any atom is -0.495 e. The monoisotopic (exact) mass is 349 g/mol. The zero-order chi connectivity index (χ0) is 15.2. The number of benzene rings is 2. The topological polar surface area (TPSA) is 30.5 Å². The molecule has 0 saturated carbocycles. The summed E-state index contributed by atoms with van der Waals surface area (Å²) < 4.78 is 11.7. The normalized spacial score (nSPS) is 10.5. The van der Waals surface area contributed by atoms with Crippen molar-refractivity contribution in [3.8, 4) is 22.6 Å². The largest absolute Gasteiger partial charge is 0.495 e. The molecule has 4 heteroatoms. The molecule has 0 bridgehead atoms. The Morgan fingerprint density at radius 3 is 2.29 bits per heavy atom. The molecule has 2 aromatic rings. The van der Waals surface area contributed by atoms with Crippen molar-refractivity contribution in [1.82, 2.24) is 5.32 Å². The average molecular weight is 350 g/mol. The molecule has 0 radical (unpaired) electrons. The van der Waals surface area contributed by atoms with Crippen LogP contribution in [0.4, 0.5) is 0 Å². The van der Waals surface area contributed by atoms with Gasteiger partial charge in [-0.05, 0) is 45.7 Å². The molecular weight excluding hydrogens is 330 g/mol.